The van der Waals surface area contributed by atoms with Crippen LogP contribution in [0.5, 0.6) is 0 Å². The summed E-state index contributed by atoms with van der Waals surface area (Å²) in [4.78, 5) is 10.0. The second kappa shape index (κ2) is 7.42. The fourth-order valence-electron chi connectivity index (χ4n) is 4.68. The van der Waals surface area contributed by atoms with Crippen molar-refractivity contribution in [3.8, 4) is 28.5 Å². The van der Waals surface area contributed by atoms with E-state index in [4.69, 9.17) is 14.4 Å². The number of furan rings is 1. The molecule has 3 aromatic heterocycles. The van der Waals surface area contributed by atoms with Crippen LogP contribution in [0.3, 0.4) is 0 Å². The first-order valence-corrected chi connectivity index (χ1v) is 11.3. The summed E-state index contributed by atoms with van der Waals surface area (Å²) in [5, 5.41) is 2.13. The summed E-state index contributed by atoms with van der Waals surface area (Å²) in [7, 11) is 0. The Bertz CT molecular complexity index is 1730. The maximum Gasteiger partial charge on any atom is 0.162 e. The van der Waals surface area contributed by atoms with Crippen LogP contribution in [0.4, 0.5) is 0 Å². The highest BCUT2D eigenvalue weighted by Gasteiger charge is 2.21. The molecule has 0 saturated heterocycles. The van der Waals surface area contributed by atoms with E-state index in [9.17, 15) is 0 Å². The highest BCUT2D eigenvalue weighted by Crippen LogP contribution is 2.39. The highest BCUT2D eigenvalue weighted by atomic mass is 16.3. The Balaban J connectivity index is 1.61. The third-order valence-electron chi connectivity index (χ3n) is 6.23. The first-order valence-electron chi connectivity index (χ1n) is 11.3. The third kappa shape index (κ3) is 2.86. The second-order valence-electron chi connectivity index (χ2n) is 8.30. The molecule has 0 aliphatic carbocycles. The smallest absolute Gasteiger partial charge is 0.162 e. The van der Waals surface area contributed by atoms with Crippen molar-refractivity contribution in [2.75, 3.05) is 0 Å². The van der Waals surface area contributed by atoms with Gasteiger partial charge in [0.15, 0.2) is 11.4 Å². The van der Waals surface area contributed by atoms with Crippen molar-refractivity contribution < 1.29 is 4.42 Å². The normalized spacial score (nSPS) is 11.5. The predicted octanol–water partition coefficient (Wildman–Crippen LogP) is 7.65. The van der Waals surface area contributed by atoms with Crippen molar-refractivity contribution in [2.45, 2.75) is 0 Å². The molecule has 3 heterocycles. The van der Waals surface area contributed by atoms with Gasteiger partial charge in [-0.1, -0.05) is 84.9 Å². The van der Waals surface area contributed by atoms with Gasteiger partial charge in [0.25, 0.3) is 0 Å². The number of rotatable bonds is 3. The number of fused-ring (bicyclic) bond motifs is 5. The lowest BCUT2D eigenvalue weighted by Crippen LogP contribution is -2.02. The van der Waals surface area contributed by atoms with Gasteiger partial charge in [-0.15, -0.1) is 0 Å². The fraction of sp³-hybridized carbons (Fsp3) is 0. The van der Waals surface area contributed by atoms with Crippen LogP contribution in [0.1, 0.15) is 0 Å². The molecule has 0 unspecified atom stereocenters. The van der Waals surface area contributed by atoms with Crippen LogP contribution in [0.15, 0.2) is 120 Å². The molecule has 0 fully saturated rings. The summed E-state index contributed by atoms with van der Waals surface area (Å²) in [5.74, 6) is 1.50. The maximum absolute atomic E-state index is 6.33. The molecule has 4 heteroatoms. The van der Waals surface area contributed by atoms with Crippen LogP contribution >= 0.6 is 0 Å². The van der Waals surface area contributed by atoms with E-state index in [0.717, 1.165) is 55.6 Å². The van der Waals surface area contributed by atoms with E-state index < -0.39 is 0 Å². The molecule has 0 radical (unpaired) electrons. The molecule has 160 valence electrons. The van der Waals surface area contributed by atoms with Gasteiger partial charge in [-0.3, -0.25) is 4.57 Å². The Labute approximate surface area is 195 Å². The summed E-state index contributed by atoms with van der Waals surface area (Å²) in [6.45, 7) is 0. The molecule has 4 nitrogen and oxygen atoms in total. The maximum atomic E-state index is 6.33. The van der Waals surface area contributed by atoms with Gasteiger partial charge in [0.05, 0.1) is 11.2 Å². The van der Waals surface area contributed by atoms with Crippen LogP contribution in [0.2, 0.25) is 0 Å². The molecule has 0 bridgehead atoms. The Morgan fingerprint density at radius 2 is 1.24 bits per heavy atom. The first-order chi connectivity index (χ1) is 16.9. The van der Waals surface area contributed by atoms with Crippen molar-refractivity contribution in [2.24, 2.45) is 0 Å². The molecular weight excluding hydrogens is 418 g/mol. The molecule has 7 aromatic rings. The molecule has 7 rings (SSSR count). The summed E-state index contributed by atoms with van der Waals surface area (Å²) in [5.41, 5.74) is 6.72. The van der Waals surface area contributed by atoms with Gasteiger partial charge in [0.2, 0.25) is 0 Å². The Kier molecular flexibility index (Phi) is 4.11. The zero-order valence-electron chi connectivity index (χ0n) is 18.2. The molecule has 0 N–H and O–H groups in total. The molecular formula is C30H19N3O. The number of hydrogen-bond donors (Lipinski definition) is 0. The van der Waals surface area contributed by atoms with Gasteiger partial charge in [0.1, 0.15) is 16.9 Å². The average molecular weight is 438 g/mol. The van der Waals surface area contributed by atoms with E-state index in [0.29, 0.717) is 5.82 Å². The van der Waals surface area contributed by atoms with E-state index in [2.05, 4.69) is 47.0 Å². The lowest BCUT2D eigenvalue weighted by molar-refractivity contribution is 0.672. The van der Waals surface area contributed by atoms with E-state index in [1.54, 1.807) is 0 Å². The third-order valence-corrected chi connectivity index (χ3v) is 6.23. The SMILES string of the molecule is c1ccc(-c2cc(-n3c4ccccc4c4oc5ccccc5c43)nc(-c3ccccc3)n2)cc1. The molecule has 0 atom stereocenters. The number of aromatic nitrogens is 3. The minimum Gasteiger partial charge on any atom is -0.454 e. The quantitative estimate of drug-likeness (QED) is 0.285. The van der Waals surface area contributed by atoms with Crippen LogP contribution in [0, 0.1) is 0 Å². The standard InChI is InChI=1S/C30H19N3O/c1-3-11-20(12-4-1)24-19-27(32-30(31-24)21-13-5-2-6-14-21)33-25-17-9-7-15-22(25)29-28(33)23-16-8-10-18-26(23)34-29/h1-19H. The van der Waals surface area contributed by atoms with Crippen LogP contribution in [-0.2, 0) is 0 Å². The number of hydrogen-bond acceptors (Lipinski definition) is 3. The van der Waals surface area contributed by atoms with Crippen LogP contribution in [-0.4, -0.2) is 14.5 Å². The first kappa shape index (κ1) is 18.8. The molecule has 0 amide bonds. The van der Waals surface area contributed by atoms with E-state index in [1.807, 2.05) is 72.8 Å². The van der Waals surface area contributed by atoms with Crippen molar-refractivity contribution in [3.63, 3.8) is 0 Å². The molecule has 0 aliphatic rings. The van der Waals surface area contributed by atoms with Crippen LogP contribution < -0.4 is 0 Å². The summed E-state index contributed by atoms with van der Waals surface area (Å²) in [6.07, 6.45) is 0. The zero-order chi connectivity index (χ0) is 22.5. The predicted molar refractivity (Wildman–Crippen MR) is 137 cm³/mol. The second-order valence-corrected chi connectivity index (χ2v) is 8.30. The molecule has 0 spiro atoms. The minimum atomic E-state index is 0.690. The Morgan fingerprint density at radius 3 is 2.03 bits per heavy atom. The van der Waals surface area contributed by atoms with Gasteiger partial charge in [0, 0.05) is 28.0 Å². The highest BCUT2D eigenvalue weighted by molar-refractivity contribution is 6.16. The number of nitrogens with zero attached hydrogens (tertiary/aromatic N) is 3. The lowest BCUT2D eigenvalue weighted by Gasteiger charge is -2.11. The molecule has 4 aromatic carbocycles. The topological polar surface area (TPSA) is 43.9 Å². The van der Waals surface area contributed by atoms with E-state index >= 15 is 0 Å². The van der Waals surface area contributed by atoms with Crippen molar-refractivity contribution in [1.82, 2.24) is 14.5 Å². The van der Waals surface area contributed by atoms with Crippen molar-refractivity contribution >= 4 is 33.0 Å². The van der Waals surface area contributed by atoms with Gasteiger partial charge in [-0.05, 0) is 24.3 Å². The van der Waals surface area contributed by atoms with Gasteiger partial charge >= 0.3 is 0 Å². The number of benzene rings is 4. The zero-order valence-corrected chi connectivity index (χ0v) is 18.2. The summed E-state index contributed by atoms with van der Waals surface area (Å²) < 4.78 is 8.54. The molecule has 0 aliphatic heterocycles. The fourth-order valence-corrected chi connectivity index (χ4v) is 4.68. The summed E-state index contributed by atoms with van der Waals surface area (Å²) in [6, 6.07) is 38.9. The lowest BCUT2D eigenvalue weighted by atomic mass is 10.1. The number of para-hydroxylation sites is 2. The van der Waals surface area contributed by atoms with Gasteiger partial charge < -0.3 is 4.42 Å². The monoisotopic (exact) mass is 437 g/mol. The Hall–Kier alpha value is -4.70. The van der Waals surface area contributed by atoms with Gasteiger partial charge in [-0.25, -0.2) is 9.97 Å². The molecule has 34 heavy (non-hydrogen) atoms. The average Bonchev–Trinajstić information content (AvgIpc) is 3.44. The van der Waals surface area contributed by atoms with Crippen LogP contribution in [0.25, 0.3) is 61.4 Å². The van der Waals surface area contributed by atoms with E-state index in [-0.39, 0.29) is 0 Å². The minimum absolute atomic E-state index is 0.690. The summed E-state index contributed by atoms with van der Waals surface area (Å²) >= 11 is 0. The van der Waals surface area contributed by atoms with Crippen molar-refractivity contribution in [3.05, 3.63) is 115 Å². The Morgan fingerprint density at radius 1 is 0.588 bits per heavy atom. The molecule has 0 saturated carbocycles. The largest absolute Gasteiger partial charge is 0.454 e. The van der Waals surface area contributed by atoms with Crippen molar-refractivity contribution in [1.29, 1.82) is 0 Å². The van der Waals surface area contributed by atoms with E-state index in [1.165, 1.54) is 0 Å². The van der Waals surface area contributed by atoms with Gasteiger partial charge in [-0.2, -0.15) is 0 Å².